The van der Waals surface area contributed by atoms with E-state index in [1.165, 1.54) is 0 Å². The number of rotatable bonds is 5. The molecule has 1 saturated heterocycles. The molecule has 1 aromatic heterocycles. The van der Waals surface area contributed by atoms with E-state index in [4.69, 9.17) is 0 Å². The van der Waals surface area contributed by atoms with Gasteiger partial charge in [0.15, 0.2) is 0 Å². The SMILES string of the molecule is O=C(CC[C@@H]1NC(=O)NC1=O)NCc1ccsc1. The summed E-state index contributed by atoms with van der Waals surface area (Å²) in [5.41, 5.74) is 1.06. The molecule has 0 aliphatic carbocycles. The first-order chi connectivity index (χ1) is 8.65. The Labute approximate surface area is 108 Å². The Morgan fingerprint density at radius 1 is 1.44 bits per heavy atom. The molecular weight excluding hydrogens is 254 g/mol. The average molecular weight is 267 g/mol. The third-order valence-corrected chi connectivity index (χ3v) is 3.32. The van der Waals surface area contributed by atoms with Crippen molar-refractivity contribution in [3.05, 3.63) is 22.4 Å². The topological polar surface area (TPSA) is 87.3 Å². The van der Waals surface area contributed by atoms with Crippen molar-refractivity contribution >= 4 is 29.2 Å². The third-order valence-electron chi connectivity index (χ3n) is 2.59. The summed E-state index contributed by atoms with van der Waals surface area (Å²) in [4.78, 5) is 33.6. The number of carbonyl (C=O) groups is 3. The maximum Gasteiger partial charge on any atom is 0.322 e. The largest absolute Gasteiger partial charge is 0.352 e. The molecule has 18 heavy (non-hydrogen) atoms. The normalized spacial score (nSPS) is 18.3. The third kappa shape index (κ3) is 3.30. The Morgan fingerprint density at radius 3 is 2.89 bits per heavy atom. The first-order valence-corrected chi connectivity index (χ1v) is 6.48. The molecule has 1 atom stereocenters. The van der Waals surface area contributed by atoms with Crippen molar-refractivity contribution in [2.45, 2.75) is 25.4 Å². The second-order valence-electron chi connectivity index (χ2n) is 3.96. The van der Waals surface area contributed by atoms with Gasteiger partial charge in [-0.1, -0.05) is 0 Å². The quantitative estimate of drug-likeness (QED) is 0.673. The summed E-state index contributed by atoms with van der Waals surface area (Å²) in [6.45, 7) is 0.492. The Hall–Kier alpha value is -1.89. The molecule has 7 heteroatoms. The van der Waals surface area contributed by atoms with Gasteiger partial charge >= 0.3 is 6.03 Å². The highest BCUT2D eigenvalue weighted by molar-refractivity contribution is 7.07. The van der Waals surface area contributed by atoms with Crippen molar-refractivity contribution in [1.29, 1.82) is 0 Å². The van der Waals surface area contributed by atoms with Gasteiger partial charge in [0, 0.05) is 13.0 Å². The minimum atomic E-state index is -0.593. The molecule has 0 spiro atoms. The Balaban J connectivity index is 1.69. The van der Waals surface area contributed by atoms with Crippen LogP contribution in [0.4, 0.5) is 4.79 Å². The molecule has 1 aliphatic rings. The van der Waals surface area contributed by atoms with Crippen molar-refractivity contribution in [3.8, 4) is 0 Å². The number of carbonyl (C=O) groups excluding carboxylic acids is 3. The second-order valence-corrected chi connectivity index (χ2v) is 4.74. The Bertz CT molecular complexity index is 458. The van der Waals surface area contributed by atoms with Crippen LogP contribution in [0.15, 0.2) is 16.8 Å². The van der Waals surface area contributed by atoms with E-state index in [0.29, 0.717) is 13.0 Å². The van der Waals surface area contributed by atoms with E-state index in [1.807, 2.05) is 16.8 Å². The molecule has 6 nitrogen and oxygen atoms in total. The molecule has 96 valence electrons. The predicted molar refractivity (Wildman–Crippen MR) is 65.9 cm³/mol. The summed E-state index contributed by atoms with van der Waals surface area (Å²) in [6.07, 6.45) is 0.523. The van der Waals surface area contributed by atoms with Gasteiger partial charge in [0.25, 0.3) is 5.91 Å². The van der Waals surface area contributed by atoms with Gasteiger partial charge in [0.1, 0.15) is 6.04 Å². The van der Waals surface area contributed by atoms with E-state index in [9.17, 15) is 14.4 Å². The standard InChI is InChI=1S/C11H13N3O3S/c15-9(12-5-7-3-4-18-6-7)2-1-8-10(16)14-11(17)13-8/h3-4,6,8H,1-2,5H2,(H,12,15)(H2,13,14,16,17)/t8-/m0/s1. The van der Waals surface area contributed by atoms with Gasteiger partial charge in [0.05, 0.1) is 0 Å². The van der Waals surface area contributed by atoms with E-state index < -0.39 is 12.1 Å². The zero-order valence-corrected chi connectivity index (χ0v) is 10.4. The first-order valence-electron chi connectivity index (χ1n) is 5.54. The number of hydrogen-bond donors (Lipinski definition) is 3. The zero-order chi connectivity index (χ0) is 13.0. The monoisotopic (exact) mass is 267 g/mol. The minimum absolute atomic E-state index is 0.129. The number of amides is 4. The van der Waals surface area contributed by atoms with Crippen LogP contribution in [0.1, 0.15) is 18.4 Å². The van der Waals surface area contributed by atoms with Crippen molar-refractivity contribution in [2.24, 2.45) is 0 Å². The van der Waals surface area contributed by atoms with Crippen LogP contribution in [0.25, 0.3) is 0 Å². The van der Waals surface area contributed by atoms with Crippen LogP contribution in [0.5, 0.6) is 0 Å². The molecule has 4 amide bonds. The lowest BCUT2D eigenvalue weighted by Crippen LogP contribution is -2.31. The van der Waals surface area contributed by atoms with Crippen LogP contribution < -0.4 is 16.0 Å². The van der Waals surface area contributed by atoms with Crippen molar-refractivity contribution in [3.63, 3.8) is 0 Å². The van der Waals surface area contributed by atoms with E-state index in [0.717, 1.165) is 5.56 Å². The molecule has 2 heterocycles. The summed E-state index contributed by atoms with van der Waals surface area (Å²) in [6, 6.07) is 0.850. The molecule has 1 fully saturated rings. The van der Waals surface area contributed by atoms with Crippen molar-refractivity contribution in [2.75, 3.05) is 0 Å². The zero-order valence-electron chi connectivity index (χ0n) is 9.56. The van der Waals surface area contributed by atoms with Gasteiger partial charge in [-0.2, -0.15) is 11.3 Å². The smallest absolute Gasteiger partial charge is 0.322 e. The summed E-state index contributed by atoms with van der Waals surface area (Å²) in [5.74, 6) is -0.499. The van der Waals surface area contributed by atoms with Crippen molar-refractivity contribution < 1.29 is 14.4 Å². The molecule has 0 radical (unpaired) electrons. The van der Waals surface area contributed by atoms with E-state index >= 15 is 0 Å². The molecule has 2 rings (SSSR count). The lowest BCUT2D eigenvalue weighted by Gasteiger charge is -2.07. The summed E-state index contributed by atoms with van der Waals surface area (Å²) >= 11 is 1.57. The van der Waals surface area contributed by atoms with Gasteiger partial charge in [-0.05, 0) is 28.8 Å². The van der Waals surface area contributed by atoms with E-state index in [2.05, 4.69) is 16.0 Å². The fourth-order valence-electron chi connectivity index (χ4n) is 1.62. The molecular formula is C11H13N3O3S. The summed E-state index contributed by atoms with van der Waals surface area (Å²) < 4.78 is 0. The highest BCUT2D eigenvalue weighted by Gasteiger charge is 2.29. The van der Waals surface area contributed by atoms with Gasteiger partial charge < -0.3 is 10.6 Å². The molecule has 0 saturated carbocycles. The van der Waals surface area contributed by atoms with Gasteiger partial charge in [-0.15, -0.1) is 0 Å². The molecule has 1 aliphatic heterocycles. The van der Waals surface area contributed by atoms with Gasteiger partial charge in [0.2, 0.25) is 5.91 Å². The Kier molecular flexibility index (Phi) is 3.93. The van der Waals surface area contributed by atoms with Crippen LogP contribution in [0, 0.1) is 0 Å². The van der Waals surface area contributed by atoms with Gasteiger partial charge in [-0.3, -0.25) is 14.9 Å². The average Bonchev–Trinajstić information content (AvgIpc) is 2.94. The molecule has 0 aromatic carbocycles. The number of urea groups is 1. The van der Waals surface area contributed by atoms with Crippen LogP contribution in [0.2, 0.25) is 0 Å². The van der Waals surface area contributed by atoms with Crippen LogP contribution in [-0.2, 0) is 16.1 Å². The van der Waals surface area contributed by atoms with Gasteiger partial charge in [-0.25, -0.2) is 4.79 Å². The number of nitrogens with one attached hydrogen (secondary N) is 3. The summed E-state index contributed by atoms with van der Waals surface area (Å²) in [7, 11) is 0. The highest BCUT2D eigenvalue weighted by atomic mass is 32.1. The van der Waals surface area contributed by atoms with E-state index in [-0.39, 0.29) is 18.2 Å². The predicted octanol–water partition coefficient (Wildman–Crippen LogP) is 0.353. The fraction of sp³-hybridized carbons (Fsp3) is 0.364. The number of hydrogen-bond acceptors (Lipinski definition) is 4. The lowest BCUT2D eigenvalue weighted by atomic mass is 10.1. The van der Waals surface area contributed by atoms with Crippen molar-refractivity contribution in [1.82, 2.24) is 16.0 Å². The van der Waals surface area contributed by atoms with E-state index in [1.54, 1.807) is 11.3 Å². The first kappa shape index (κ1) is 12.6. The number of thiophene rings is 1. The fourth-order valence-corrected chi connectivity index (χ4v) is 2.29. The van der Waals surface area contributed by atoms with Crippen LogP contribution in [-0.4, -0.2) is 23.9 Å². The number of imide groups is 1. The summed E-state index contributed by atoms with van der Waals surface area (Å²) in [5, 5.41) is 11.2. The maximum atomic E-state index is 11.5. The van der Waals surface area contributed by atoms with Crippen LogP contribution in [0.3, 0.4) is 0 Å². The molecule has 0 bridgehead atoms. The lowest BCUT2D eigenvalue weighted by molar-refractivity contribution is -0.122. The second kappa shape index (κ2) is 5.63. The molecule has 3 N–H and O–H groups in total. The molecule has 1 aromatic rings. The van der Waals surface area contributed by atoms with Crippen LogP contribution >= 0.6 is 11.3 Å². The molecule has 0 unspecified atom stereocenters. The Morgan fingerprint density at radius 2 is 2.28 bits per heavy atom. The minimum Gasteiger partial charge on any atom is -0.352 e. The maximum absolute atomic E-state index is 11.5. The highest BCUT2D eigenvalue weighted by Crippen LogP contribution is 2.06.